The third-order valence-electron chi connectivity index (χ3n) is 3.70. The second kappa shape index (κ2) is 8.28. The van der Waals surface area contributed by atoms with Crippen molar-refractivity contribution < 1.29 is 44.5 Å². The minimum atomic E-state index is -1.56. The fourth-order valence-electron chi connectivity index (χ4n) is 2.34. The number of aliphatic hydroxyl groups is 4. The lowest BCUT2D eigenvalue weighted by atomic mass is 9.99. The highest BCUT2D eigenvalue weighted by molar-refractivity contribution is 5.85. The molecule has 1 aromatic carbocycles. The lowest BCUT2D eigenvalue weighted by Gasteiger charge is -2.39. The molecule has 0 radical (unpaired) electrons. The monoisotopic (exact) mass is 356 g/mol. The average molecular weight is 356 g/mol. The van der Waals surface area contributed by atoms with Crippen molar-refractivity contribution in [3.8, 4) is 11.5 Å². The molecule has 9 nitrogen and oxygen atoms in total. The van der Waals surface area contributed by atoms with Crippen molar-refractivity contribution >= 4 is 12.0 Å². The van der Waals surface area contributed by atoms with E-state index >= 15 is 0 Å². The SMILES string of the molecule is COc1cc(/C=C/C(=O)O)ccc1O[C@@H]1O[C@H](CO)[C@@H](O)[C@H](O)[C@H]1O. The van der Waals surface area contributed by atoms with Gasteiger partial charge in [-0.2, -0.15) is 0 Å². The summed E-state index contributed by atoms with van der Waals surface area (Å²) in [6, 6.07) is 4.54. The maximum atomic E-state index is 10.6. The normalized spacial score (nSPS) is 29.6. The van der Waals surface area contributed by atoms with E-state index in [2.05, 4.69) is 0 Å². The summed E-state index contributed by atoms with van der Waals surface area (Å²) in [4.78, 5) is 10.6. The van der Waals surface area contributed by atoms with Crippen LogP contribution in [0.4, 0.5) is 0 Å². The summed E-state index contributed by atoms with van der Waals surface area (Å²) in [5, 5.41) is 47.3. The van der Waals surface area contributed by atoms with Crippen LogP contribution in [0.5, 0.6) is 11.5 Å². The number of aliphatic carboxylic acids is 1. The van der Waals surface area contributed by atoms with Crippen molar-refractivity contribution in [2.45, 2.75) is 30.7 Å². The van der Waals surface area contributed by atoms with Crippen LogP contribution in [-0.4, -0.2) is 75.9 Å². The summed E-state index contributed by atoms with van der Waals surface area (Å²) in [6.07, 6.45) is -4.69. The summed E-state index contributed by atoms with van der Waals surface area (Å²) in [7, 11) is 1.38. The summed E-state index contributed by atoms with van der Waals surface area (Å²) in [5.41, 5.74) is 0.542. The first-order valence-corrected chi connectivity index (χ1v) is 7.43. The molecule has 25 heavy (non-hydrogen) atoms. The Morgan fingerprint density at radius 1 is 1.20 bits per heavy atom. The average Bonchev–Trinajstić information content (AvgIpc) is 2.60. The van der Waals surface area contributed by atoms with Crippen LogP contribution in [0.3, 0.4) is 0 Å². The topological polar surface area (TPSA) is 146 Å². The van der Waals surface area contributed by atoms with Gasteiger partial charge < -0.3 is 39.7 Å². The van der Waals surface area contributed by atoms with Crippen molar-refractivity contribution in [2.75, 3.05) is 13.7 Å². The molecule has 9 heteroatoms. The molecule has 0 aromatic heterocycles. The van der Waals surface area contributed by atoms with Crippen molar-refractivity contribution in [1.29, 1.82) is 0 Å². The molecule has 1 aromatic rings. The van der Waals surface area contributed by atoms with E-state index in [9.17, 15) is 25.2 Å². The molecule has 1 saturated heterocycles. The van der Waals surface area contributed by atoms with E-state index in [1.54, 1.807) is 6.07 Å². The highest BCUT2D eigenvalue weighted by atomic mass is 16.7. The molecule has 2 rings (SSSR count). The number of hydrogen-bond donors (Lipinski definition) is 5. The molecule has 0 aliphatic carbocycles. The van der Waals surface area contributed by atoms with Crippen molar-refractivity contribution in [2.24, 2.45) is 0 Å². The number of benzene rings is 1. The quantitative estimate of drug-likeness (QED) is 0.404. The zero-order chi connectivity index (χ0) is 18.6. The molecule has 1 aliphatic heterocycles. The van der Waals surface area contributed by atoms with E-state index in [1.807, 2.05) is 0 Å². The zero-order valence-electron chi connectivity index (χ0n) is 13.3. The van der Waals surface area contributed by atoms with E-state index in [0.717, 1.165) is 6.08 Å². The fraction of sp³-hybridized carbons (Fsp3) is 0.438. The molecule has 0 bridgehead atoms. The van der Waals surface area contributed by atoms with Crippen LogP contribution in [0.2, 0.25) is 0 Å². The number of aliphatic hydroxyl groups excluding tert-OH is 4. The Morgan fingerprint density at radius 3 is 2.52 bits per heavy atom. The van der Waals surface area contributed by atoms with Gasteiger partial charge in [0.2, 0.25) is 6.29 Å². The first-order chi connectivity index (χ1) is 11.9. The first kappa shape index (κ1) is 19.2. The Bertz CT molecular complexity index is 628. The van der Waals surface area contributed by atoms with E-state index in [-0.39, 0.29) is 11.5 Å². The Balaban J connectivity index is 2.19. The summed E-state index contributed by atoms with van der Waals surface area (Å²) in [6.45, 7) is -0.569. The van der Waals surface area contributed by atoms with Gasteiger partial charge in [0.1, 0.15) is 24.4 Å². The largest absolute Gasteiger partial charge is 0.493 e. The molecule has 0 saturated carbocycles. The lowest BCUT2D eigenvalue weighted by Crippen LogP contribution is -2.60. The van der Waals surface area contributed by atoms with Crippen LogP contribution in [0, 0.1) is 0 Å². The molecule has 138 valence electrons. The van der Waals surface area contributed by atoms with E-state index < -0.39 is 43.3 Å². The third-order valence-corrected chi connectivity index (χ3v) is 3.70. The van der Waals surface area contributed by atoms with Gasteiger partial charge in [0, 0.05) is 6.08 Å². The maximum absolute atomic E-state index is 10.6. The molecular formula is C16H20O9. The van der Waals surface area contributed by atoms with Gasteiger partial charge in [-0.25, -0.2) is 4.79 Å². The molecule has 5 atom stereocenters. The first-order valence-electron chi connectivity index (χ1n) is 7.43. The maximum Gasteiger partial charge on any atom is 0.328 e. The van der Waals surface area contributed by atoms with E-state index in [1.165, 1.54) is 25.3 Å². The Morgan fingerprint density at radius 2 is 1.92 bits per heavy atom. The molecule has 5 N–H and O–H groups in total. The van der Waals surface area contributed by atoms with E-state index in [4.69, 9.17) is 19.3 Å². The molecule has 1 fully saturated rings. The molecule has 1 aliphatic rings. The van der Waals surface area contributed by atoms with Gasteiger partial charge in [-0.3, -0.25) is 0 Å². The van der Waals surface area contributed by atoms with Gasteiger partial charge >= 0.3 is 5.97 Å². The standard InChI is InChI=1S/C16H20O9/c1-23-10-6-8(3-5-12(18)19)2-4-9(10)24-16-15(22)14(21)13(20)11(7-17)25-16/h2-6,11,13-17,20-22H,7H2,1H3,(H,18,19)/b5-3+/t11-,13-,14+,15-,16-/m1/s1. The van der Waals surface area contributed by atoms with Crippen molar-refractivity contribution in [3.05, 3.63) is 29.8 Å². The van der Waals surface area contributed by atoms with Crippen LogP contribution >= 0.6 is 0 Å². The smallest absolute Gasteiger partial charge is 0.328 e. The summed E-state index contributed by atoms with van der Waals surface area (Å²) < 4.78 is 15.9. The Hall–Kier alpha value is -2.17. The van der Waals surface area contributed by atoms with Gasteiger partial charge in [0.25, 0.3) is 0 Å². The highest BCUT2D eigenvalue weighted by Crippen LogP contribution is 2.32. The number of ether oxygens (including phenoxy) is 3. The van der Waals surface area contributed by atoms with Gasteiger partial charge in [-0.05, 0) is 23.8 Å². The third kappa shape index (κ3) is 4.47. The summed E-state index contributed by atoms with van der Waals surface area (Å²) >= 11 is 0. The fourth-order valence-corrected chi connectivity index (χ4v) is 2.34. The number of carboxylic acids is 1. The van der Waals surface area contributed by atoms with Gasteiger partial charge in [0.15, 0.2) is 11.5 Å². The highest BCUT2D eigenvalue weighted by Gasteiger charge is 2.44. The summed E-state index contributed by atoms with van der Waals surface area (Å²) in [5.74, 6) is -0.690. The second-order valence-corrected chi connectivity index (χ2v) is 5.40. The molecule has 0 amide bonds. The van der Waals surface area contributed by atoms with Crippen LogP contribution in [0.25, 0.3) is 6.08 Å². The number of methoxy groups -OCH3 is 1. The van der Waals surface area contributed by atoms with Crippen LogP contribution in [-0.2, 0) is 9.53 Å². The van der Waals surface area contributed by atoms with Crippen LogP contribution in [0.1, 0.15) is 5.56 Å². The number of carbonyl (C=O) groups is 1. The predicted octanol–water partition coefficient (Wildman–Crippen LogP) is -1.03. The number of carboxylic acid groups (broad SMARTS) is 1. The number of rotatable bonds is 6. The van der Waals surface area contributed by atoms with Crippen LogP contribution in [0.15, 0.2) is 24.3 Å². The minimum Gasteiger partial charge on any atom is -0.493 e. The molecule has 0 spiro atoms. The lowest BCUT2D eigenvalue weighted by molar-refractivity contribution is -0.277. The minimum absolute atomic E-state index is 0.166. The Kier molecular flexibility index (Phi) is 6.34. The molecule has 1 heterocycles. The van der Waals surface area contributed by atoms with Gasteiger partial charge in [-0.15, -0.1) is 0 Å². The molecule has 0 unspecified atom stereocenters. The van der Waals surface area contributed by atoms with E-state index in [0.29, 0.717) is 5.56 Å². The predicted molar refractivity (Wildman–Crippen MR) is 84.1 cm³/mol. The Labute approximate surface area is 143 Å². The van der Waals surface area contributed by atoms with Crippen molar-refractivity contribution in [1.82, 2.24) is 0 Å². The molecular weight excluding hydrogens is 336 g/mol. The van der Waals surface area contributed by atoms with Crippen molar-refractivity contribution in [3.63, 3.8) is 0 Å². The second-order valence-electron chi connectivity index (χ2n) is 5.40. The van der Waals surface area contributed by atoms with Crippen LogP contribution < -0.4 is 9.47 Å². The zero-order valence-corrected chi connectivity index (χ0v) is 13.3. The number of hydrogen-bond acceptors (Lipinski definition) is 8. The van der Waals surface area contributed by atoms with Gasteiger partial charge in [0.05, 0.1) is 13.7 Å². The van der Waals surface area contributed by atoms with Gasteiger partial charge in [-0.1, -0.05) is 6.07 Å².